The second-order valence-corrected chi connectivity index (χ2v) is 5.66. The van der Waals surface area contributed by atoms with E-state index >= 15 is 0 Å². The molecule has 0 amide bonds. The molecule has 23 heavy (non-hydrogen) atoms. The van der Waals surface area contributed by atoms with Crippen molar-refractivity contribution >= 4 is 46.4 Å². The number of anilines is 2. The van der Waals surface area contributed by atoms with Crippen LogP contribution >= 0.6 is 34.8 Å². The van der Waals surface area contributed by atoms with Crippen LogP contribution < -0.4 is 5.32 Å². The van der Waals surface area contributed by atoms with Crippen LogP contribution in [0.4, 0.5) is 16.0 Å². The van der Waals surface area contributed by atoms with Gasteiger partial charge in [0.05, 0.1) is 10.6 Å². The van der Waals surface area contributed by atoms with E-state index in [9.17, 15) is 4.39 Å². The third-order valence-electron chi connectivity index (χ3n) is 2.89. The molecule has 0 saturated heterocycles. The number of nitrogens with zero attached hydrogens (tertiary/aromatic N) is 3. The first kappa shape index (κ1) is 15.9. The highest BCUT2D eigenvalue weighted by Crippen LogP contribution is 2.29. The molecule has 1 heterocycles. The van der Waals surface area contributed by atoms with E-state index in [4.69, 9.17) is 34.8 Å². The minimum absolute atomic E-state index is 0.0459. The van der Waals surface area contributed by atoms with E-state index in [1.54, 1.807) is 30.3 Å². The highest BCUT2D eigenvalue weighted by atomic mass is 35.5. The van der Waals surface area contributed by atoms with Crippen LogP contribution in [0.3, 0.4) is 0 Å². The van der Waals surface area contributed by atoms with Gasteiger partial charge < -0.3 is 5.32 Å². The number of hydrogen-bond donors (Lipinski definition) is 1. The molecule has 0 saturated carbocycles. The predicted molar refractivity (Wildman–Crippen MR) is 90.0 cm³/mol. The highest BCUT2D eigenvalue weighted by Gasteiger charge is 2.15. The van der Waals surface area contributed by atoms with Gasteiger partial charge in [-0.2, -0.15) is 15.0 Å². The van der Waals surface area contributed by atoms with Crippen molar-refractivity contribution in [2.75, 3.05) is 5.32 Å². The zero-order chi connectivity index (χ0) is 16.4. The molecular formula is C15H8Cl3FN4. The van der Waals surface area contributed by atoms with Crippen LogP contribution in [0.15, 0.2) is 42.5 Å². The number of nitrogens with one attached hydrogen (secondary N) is 1. The zero-order valence-corrected chi connectivity index (χ0v) is 13.7. The van der Waals surface area contributed by atoms with Crippen molar-refractivity contribution in [1.29, 1.82) is 0 Å². The standard InChI is InChI=1S/C15H8Cl3FN4/c16-8-4-6-9(7-5-8)20-15-22-13(21-14(18)23-15)12-10(17)2-1-3-11(12)19/h1-7H,(H,20,21,22,23). The fourth-order valence-corrected chi connectivity index (χ4v) is 2.43. The van der Waals surface area contributed by atoms with Crippen molar-refractivity contribution in [3.63, 3.8) is 0 Å². The molecular weight excluding hydrogens is 362 g/mol. The Morgan fingerprint density at radius 3 is 2.30 bits per heavy atom. The van der Waals surface area contributed by atoms with Gasteiger partial charge in [0.1, 0.15) is 5.82 Å². The van der Waals surface area contributed by atoms with Gasteiger partial charge in [-0.1, -0.05) is 29.3 Å². The maximum Gasteiger partial charge on any atom is 0.232 e. The van der Waals surface area contributed by atoms with Crippen molar-refractivity contribution in [1.82, 2.24) is 15.0 Å². The molecule has 0 atom stereocenters. The van der Waals surface area contributed by atoms with E-state index in [-0.39, 0.29) is 27.6 Å². The van der Waals surface area contributed by atoms with E-state index in [1.165, 1.54) is 12.1 Å². The van der Waals surface area contributed by atoms with E-state index in [2.05, 4.69) is 20.3 Å². The summed E-state index contributed by atoms with van der Waals surface area (Å²) in [6.07, 6.45) is 0. The van der Waals surface area contributed by atoms with Crippen molar-refractivity contribution in [2.45, 2.75) is 0 Å². The maximum atomic E-state index is 14.0. The van der Waals surface area contributed by atoms with Gasteiger partial charge in [0, 0.05) is 10.7 Å². The lowest BCUT2D eigenvalue weighted by atomic mass is 10.2. The van der Waals surface area contributed by atoms with Gasteiger partial charge in [-0.05, 0) is 48.0 Å². The van der Waals surface area contributed by atoms with Gasteiger partial charge >= 0.3 is 0 Å². The van der Waals surface area contributed by atoms with Crippen LogP contribution in [0.5, 0.6) is 0 Å². The molecule has 4 nitrogen and oxygen atoms in total. The van der Waals surface area contributed by atoms with Gasteiger partial charge in [0.2, 0.25) is 11.2 Å². The first-order valence-electron chi connectivity index (χ1n) is 6.41. The van der Waals surface area contributed by atoms with Crippen LogP contribution in [0.1, 0.15) is 0 Å². The third kappa shape index (κ3) is 3.69. The minimum atomic E-state index is -0.544. The van der Waals surface area contributed by atoms with E-state index < -0.39 is 5.82 Å². The molecule has 0 unspecified atom stereocenters. The average molecular weight is 370 g/mol. The third-order valence-corrected chi connectivity index (χ3v) is 3.63. The summed E-state index contributed by atoms with van der Waals surface area (Å²) in [5, 5.41) is 3.66. The van der Waals surface area contributed by atoms with Crippen LogP contribution in [0.2, 0.25) is 15.3 Å². The first-order valence-corrected chi connectivity index (χ1v) is 7.55. The summed E-state index contributed by atoms with van der Waals surface area (Å²) in [5.74, 6) is -0.330. The summed E-state index contributed by atoms with van der Waals surface area (Å²) in [4.78, 5) is 12.1. The molecule has 3 aromatic rings. The molecule has 0 aliphatic heterocycles. The van der Waals surface area contributed by atoms with Crippen LogP contribution in [-0.4, -0.2) is 15.0 Å². The Morgan fingerprint density at radius 1 is 0.870 bits per heavy atom. The van der Waals surface area contributed by atoms with Gasteiger partial charge in [-0.25, -0.2) is 4.39 Å². The van der Waals surface area contributed by atoms with Crippen LogP contribution in [0.25, 0.3) is 11.4 Å². The van der Waals surface area contributed by atoms with Gasteiger partial charge in [0.15, 0.2) is 5.82 Å². The number of rotatable bonds is 3. The summed E-state index contributed by atoms with van der Waals surface area (Å²) in [7, 11) is 0. The summed E-state index contributed by atoms with van der Waals surface area (Å²) in [6.45, 7) is 0. The zero-order valence-electron chi connectivity index (χ0n) is 11.4. The average Bonchev–Trinajstić information content (AvgIpc) is 2.49. The maximum absolute atomic E-state index is 14.0. The Labute approximate surface area is 146 Å². The topological polar surface area (TPSA) is 50.7 Å². The molecule has 116 valence electrons. The quantitative estimate of drug-likeness (QED) is 0.673. The second-order valence-electron chi connectivity index (χ2n) is 4.48. The number of aromatic nitrogens is 3. The van der Waals surface area contributed by atoms with Crippen molar-refractivity contribution in [2.24, 2.45) is 0 Å². The Morgan fingerprint density at radius 2 is 1.61 bits per heavy atom. The molecule has 0 aliphatic carbocycles. The number of hydrogen-bond acceptors (Lipinski definition) is 4. The monoisotopic (exact) mass is 368 g/mol. The van der Waals surface area contributed by atoms with E-state index in [0.29, 0.717) is 10.7 Å². The molecule has 0 bridgehead atoms. The fraction of sp³-hybridized carbons (Fsp3) is 0. The summed E-state index contributed by atoms with van der Waals surface area (Å²) < 4.78 is 14.0. The minimum Gasteiger partial charge on any atom is -0.324 e. The Balaban J connectivity index is 2.01. The summed E-state index contributed by atoms with van der Waals surface area (Å²) in [5.41, 5.74) is 0.764. The molecule has 0 aliphatic rings. The normalized spacial score (nSPS) is 10.6. The largest absolute Gasteiger partial charge is 0.324 e. The molecule has 3 rings (SSSR count). The molecule has 2 aromatic carbocycles. The lowest BCUT2D eigenvalue weighted by Gasteiger charge is -2.08. The highest BCUT2D eigenvalue weighted by molar-refractivity contribution is 6.33. The van der Waals surface area contributed by atoms with Crippen molar-refractivity contribution < 1.29 is 4.39 Å². The van der Waals surface area contributed by atoms with Crippen LogP contribution in [-0.2, 0) is 0 Å². The van der Waals surface area contributed by atoms with Crippen molar-refractivity contribution in [3.05, 3.63) is 63.6 Å². The summed E-state index contributed by atoms with van der Waals surface area (Å²) in [6, 6.07) is 11.2. The Kier molecular flexibility index (Phi) is 4.61. The molecule has 8 heteroatoms. The molecule has 0 spiro atoms. The SMILES string of the molecule is Fc1cccc(Cl)c1-c1nc(Cl)nc(Nc2ccc(Cl)cc2)n1. The van der Waals surface area contributed by atoms with Crippen LogP contribution in [0, 0.1) is 5.82 Å². The fourth-order valence-electron chi connectivity index (χ4n) is 1.89. The first-order chi connectivity index (χ1) is 11.0. The molecule has 1 N–H and O–H groups in total. The lowest BCUT2D eigenvalue weighted by molar-refractivity contribution is 0.630. The van der Waals surface area contributed by atoms with E-state index in [1.807, 2.05) is 0 Å². The van der Waals surface area contributed by atoms with Gasteiger partial charge in [0.25, 0.3) is 0 Å². The van der Waals surface area contributed by atoms with Gasteiger partial charge in [-0.15, -0.1) is 0 Å². The summed E-state index contributed by atoms with van der Waals surface area (Å²) >= 11 is 17.8. The lowest BCUT2D eigenvalue weighted by Crippen LogP contribution is -2.02. The number of halogens is 4. The smallest absolute Gasteiger partial charge is 0.232 e. The van der Waals surface area contributed by atoms with Gasteiger partial charge in [-0.3, -0.25) is 0 Å². The van der Waals surface area contributed by atoms with Crippen molar-refractivity contribution in [3.8, 4) is 11.4 Å². The number of benzene rings is 2. The Bertz CT molecular complexity index is 836. The predicted octanol–water partition coefficient (Wildman–Crippen LogP) is 5.38. The molecule has 0 fully saturated rings. The van der Waals surface area contributed by atoms with E-state index in [0.717, 1.165) is 0 Å². The second kappa shape index (κ2) is 6.66. The molecule has 1 aromatic heterocycles. The Hall–Kier alpha value is -1.95. The molecule has 0 radical (unpaired) electrons.